The number of hydrogen-bond donors (Lipinski definition) is 0. The Bertz CT molecular complexity index is 752. The van der Waals surface area contributed by atoms with E-state index in [1.54, 1.807) is 0 Å². The molecule has 0 spiro atoms. The molecule has 106 valence electrons. The highest BCUT2D eigenvalue weighted by molar-refractivity contribution is 7.71. The van der Waals surface area contributed by atoms with E-state index in [-0.39, 0.29) is 0 Å². The van der Waals surface area contributed by atoms with Gasteiger partial charge in [-0.1, -0.05) is 30.4 Å². The monoisotopic (exact) mass is 296 g/mol. The van der Waals surface area contributed by atoms with Crippen LogP contribution < -0.4 is 4.90 Å². The number of rotatable bonds is 2. The zero-order chi connectivity index (χ0) is 14.8. The molecule has 1 aromatic carbocycles. The molecule has 0 radical (unpaired) electrons. The molecule has 0 unspecified atom stereocenters. The van der Waals surface area contributed by atoms with Crippen LogP contribution in [0.15, 0.2) is 30.3 Å². The SMILES string of the molecule is Cc1nc(N2CCCC2)c(C#N)c(=S)n1-c1ccccc1. The highest BCUT2D eigenvalue weighted by atomic mass is 32.1. The van der Waals surface area contributed by atoms with E-state index in [0.717, 1.165) is 43.3 Å². The van der Waals surface area contributed by atoms with Gasteiger partial charge in [0.15, 0.2) is 5.82 Å². The Labute approximate surface area is 129 Å². The number of nitrogens with zero attached hydrogens (tertiary/aromatic N) is 4. The van der Waals surface area contributed by atoms with Gasteiger partial charge < -0.3 is 4.90 Å². The second-order valence-electron chi connectivity index (χ2n) is 5.14. The van der Waals surface area contributed by atoms with Crippen molar-refractivity contribution >= 4 is 18.0 Å². The lowest BCUT2D eigenvalue weighted by Gasteiger charge is -2.21. The molecule has 5 heteroatoms. The highest BCUT2D eigenvalue weighted by Gasteiger charge is 2.20. The van der Waals surface area contributed by atoms with Crippen molar-refractivity contribution in [3.8, 4) is 11.8 Å². The second-order valence-corrected chi connectivity index (χ2v) is 5.53. The van der Waals surface area contributed by atoms with E-state index in [1.807, 2.05) is 41.8 Å². The summed E-state index contributed by atoms with van der Waals surface area (Å²) in [6, 6.07) is 12.1. The van der Waals surface area contributed by atoms with E-state index >= 15 is 0 Å². The molecule has 4 nitrogen and oxygen atoms in total. The standard InChI is InChI=1S/C16H16N4S/c1-12-18-15(19-9-5-6-10-19)14(11-17)16(21)20(12)13-7-3-2-4-8-13/h2-4,7-8H,5-6,9-10H2,1H3. The largest absolute Gasteiger partial charge is 0.355 e. The van der Waals surface area contributed by atoms with Crippen molar-refractivity contribution < 1.29 is 0 Å². The average molecular weight is 296 g/mol. The minimum Gasteiger partial charge on any atom is -0.355 e. The van der Waals surface area contributed by atoms with E-state index < -0.39 is 0 Å². The summed E-state index contributed by atoms with van der Waals surface area (Å²) in [4.78, 5) is 6.83. The first-order valence-electron chi connectivity index (χ1n) is 7.06. The summed E-state index contributed by atoms with van der Waals surface area (Å²) in [6.07, 6.45) is 2.29. The van der Waals surface area contributed by atoms with Gasteiger partial charge in [0.2, 0.25) is 0 Å². The van der Waals surface area contributed by atoms with Gasteiger partial charge in [-0.3, -0.25) is 4.57 Å². The molecule has 1 aliphatic heterocycles. The Morgan fingerprint density at radius 2 is 1.86 bits per heavy atom. The Morgan fingerprint density at radius 3 is 2.48 bits per heavy atom. The van der Waals surface area contributed by atoms with Gasteiger partial charge in [-0.25, -0.2) is 4.98 Å². The fraction of sp³-hybridized carbons (Fsp3) is 0.312. The number of aromatic nitrogens is 2. The van der Waals surface area contributed by atoms with Crippen LogP contribution in [0, 0.1) is 22.9 Å². The van der Waals surface area contributed by atoms with Crippen LogP contribution in [0.2, 0.25) is 0 Å². The van der Waals surface area contributed by atoms with Gasteiger partial charge in [0.05, 0.1) is 0 Å². The third-order valence-corrected chi connectivity index (χ3v) is 4.15. The summed E-state index contributed by atoms with van der Waals surface area (Å²) in [5, 5.41) is 9.53. The number of para-hydroxylation sites is 1. The van der Waals surface area contributed by atoms with Gasteiger partial charge >= 0.3 is 0 Å². The highest BCUT2D eigenvalue weighted by Crippen LogP contribution is 2.25. The molecule has 0 aliphatic carbocycles. The van der Waals surface area contributed by atoms with Gasteiger partial charge in [0.25, 0.3) is 0 Å². The van der Waals surface area contributed by atoms with Crippen molar-refractivity contribution in [2.75, 3.05) is 18.0 Å². The third kappa shape index (κ3) is 2.43. The summed E-state index contributed by atoms with van der Waals surface area (Å²) >= 11 is 5.56. The van der Waals surface area contributed by atoms with E-state index in [0.29, 0.717) is 10.2 Å². The number of benzene rings is 1. The molecule has 1 aromatic heterocycles. The third-order valence-electron chi connectivity index (χ3n) is 3.76. The van der Waals surface area contributed by atoms with E-state index in [4.69, 9.17) is 12.2 Å². The quantitative estimate of drug-likeness (QED) is 0.797. The lowest BCUT2D eigenvalue weighted by molar-refractivity contribution is 0.847. The molecule has 3 rings (SSSR count). The van der Waals surface area contributed by atoms with E-state index in [9.17, 15) is 5.26 Å². The summed E-state index contributed by atoms with van der Waals surface area (Å²) in [6.45, 7) is 3.83. The van der Waals surface area contributed by atoms with Crippen LogP contribution in [0.4, 0.5) is 5.82 Å². The number of aryl methyl sites for hydroxylation is 1. The molecular weight excluding hydrogens is 280 g/mol. The van der Waals surface area contributed by atoms with Gasteiger partial charge in [-0.2, -0.15) is 5.26 Å². The molecule has 2 heterocycles. The smallest absolute Gasteiger partial charge is 0.151 e. The summed E-state index contributed by atoms with van der Waals surface area (Å²) in [7, 11) is 0. The van der Waals surface area contributed by atoms with Gasteiger partial charge in [-0.15, -0.1) is 0 Å². The molecule has 1 saturated heterocycles. The van der Waals surface area contributed by atoms with Crippen LogP contribution in [0.3, 0.4) is 0 Å². The summed E-state index contributed by atoms with van der Waals surface area (Å²) in [5.41, 5.74) is 1.44. The normalized spacial score (nSPS) is 14.2. The minimum atomic E-state index is 0.501. The van der Waals surface area contributed by atoms with Crippen LogP contribution >= 0.6 is 12.2 Å². The Balaban J connectivity index is 2.21. The van der Waals surface area contributed by atoms with Gasteiger partial charge in [0.1, 0.15) is 22.1 Å². The Kier molecular flexibility index (Phi) is 3.72. The molecule has 1 aliphatic rings. The molecule has 1 fully saturated rings. The van der Waals surface area contributed by atoms with Crippen molar-refractivity contribution in [2.24, 2.45) is 0 Å². The van der Waals surface area contributed by atoms with E-state index in [2.05, 4.69) is 16.0 Å². The van der Waals surface area contributed by atoms with Gasteiger partial charge in [-0.05, 0) is 31.9 Å². The number of hydrogen-bond acceptors (Lipinski definition) is 4. The topological polar surface area (TPSA) is 44.9 Å². The first kappa shape index (κ1) is 13.8. The summed E-state index contributed by atoms with van der Waals surface area (Å²) in [5.74, 6) is 1.55. The maximum Gasteiger partial charge on any atom is 0.151 e. The van der Waals surface area contributed by atoms with Crippen molar-refractivity contribution in [3.05, 3.63) is 46.4 Å². The fourth-order valence-corrected chi connectivity index (χ4v) is 3.12. The predicted octanol–water partition coefficient (Wildman–Crippen LogP) is 3.38. The van der Waals surface area contributed by atoms with E-state index in [1.165, 1.54) is 0 Å². The number of nitriles is 1. The van der Waals surface area contributed by atoms with Crippen LogP contribution in [0.5, 0.6) is 0 Å². The molecule has 0 bridgehead atoms. The Hall–Kier alpha value is -2.19. The number of anilines is 1. The zero-order valence-corrected chi connectivity index (χ0v) is 12.7. The molecule has 0 atom stereocenters. The lowest BCUT2D eigenvalue weighted by atomic mass is 10.2. The average Bonchev–Trinajstić information content (AvgIpc) is 3.02. The molecule has 2 aromatic rings. The predicted molar refractivity (Wildman–Crippen MR) is 85.3 cm³/mol. The maximum atomic E-state index is 9.53. The van der Waals surface area contributed by atoms with Crippen molar-refractivity contribution in [1.82, 2.24) is 9.55 Å². The summed E-state index contributed by atoms with van der Waals surface area (Å²) < 4.78 is 2.41. The van der Waals surface area contributed by atoms with Crippen molar-refractivity contribution in [1.29, 1.82) is 5.26 Å². The molecule has 0 saturated carbocycles. The maximum absolute atomic E-state index is 9.53. The van der Waals surface area contributed by atoms with Crippen LogP contribution in [0.25, 0.3) is 5.69 Å². The molecule has 0 N–H and O–H groups in total. The second kappa shape index (κ2) is 5.66. The van der Waals surface area contributed by atoms with Crippen molar-refractivity contribution in [3.63, 3.8) is 0 Å². The van der Waals surface area contributed by atoms with Crippen LogP contribution in [-0.2, 0) is 0 Å². The van der Waals surface area contributed by atoms with Crippen molar-refractivity contribution in [2.45, 2.75) is 19.8 Å². The molecular formula is C16H16N4S. The lowest BCUT2D eigenvalue weighted by Crippen LogP contribution is -2.22. The van der Waals surface area contributed by atoms with Gasteiger partial charge in [0, 0.05) is 18.8 Å². The van der Waals surface area contributed by atoms with Crippen LogP contribution in [-0.4, -0.2) is 22.6 Å². The first-order valence-corrected chi connectivity index (χ1v) is 7.47. The minimum absolute atomic E-state index is 0.501. The molecule has 0 amide bonds. The molecule has 21 heavy (non-hydrogen) atoms. The Morgan fingerprint density at radius 1 is 1.19 bits per heavy atom. The zero-order valence-electron chi connectivity index (χ0n) is 11.9. The first-order chi connectivity index (χ1) is 10.2. The van der Waals surface area contributed by atoms with Crippen LogP contribution in [0.1, 0.15) is 24.2 Å². The fourth-order valence-electron chi connectivity index (χ4n) is 2.75.